The zero-order valence-electron chi connectivity index (χ0n) is 17.1. The van der Waals surface area contributed by atoms with Crippen LogP contribution in [0, 0.1) is 6.92 Å². The summed E-state index contributed by atoms with van der Waals surface area (Å²) in [5.74, 6) is 2.14. The Labute approximate surface area is 170 Å². The number of hydrogen-bond acceptors (Lipinski definition) is 7. The van der Waals surface area contributed by atoms with Gasteiger partial charge in [-0.25, -0.2) is 15.0 Å². The maximum atomic E-state index is 5.44. The lowest BCUT2D eigenvalue weighted by atomic mass is 10.1. The van der Waals surface area contributed by atoms with Gasteiger partial charge < -0.3 is 10.1 Å². The fourth-order valence-electron chi connectivity index (χ4n) is 3.44. The number of aryl methyl sites for hydroxylation is 2. The van der Waals surface area contributed by atoms with Crippen molar-refractivity contribution in [3.63, 3.8) is 0 Å². The number of ether oxygens (including phenoxy) is 1. The average Bonchev–Trinajstić information content (AvgIpc) is 2.75. The van der Waals surface area contributed by atoms with Crippen LogP contribution in [0.4, 0.5) is 5.95 Å². The van der Waals surface area contributed by atoms with E-state index in [0.29, 0.717) is 25.2 Å². The van der Waals surface area contributed by atoms with Gasteiger partial charge in [0.25, 0.3) is 0 Å². The molecule has 2 heterocycles. The van der Waals surface area contributed by atoms with E-state index >= 15 is 0 Å². The van der Waals surface area contributed by atoms with Gasteiger partial charge in [-0.1, -0.05) is 31.2 Å². The quantitative estimate of drug-likeness (QED) is 0.696. The van der Waals surface area contributed by atoms with Crippen molar-refractivity contribution in [2.24, 2.45) is 4.99 Å². The number of aliphatic imine (C=N–C) groups is 1. The highest BCUT2D eigenvalue weighted by Gasteiger charge is 2.15. The highest BCUT2D eigenvalue weighted by atomic mass is 16.5. The minimum Gasteiger partial charge on any atom is -0.496 e. The van der Waals surface area contributed by atoms with Crippen molar-refractivity contribution in [3.8, 4) is 5.75 Å². The van der Waals surface area contributed by atoms with E-state index in [2.05, 4.69) is 61.7 Å². The number of benzene rings is 2. The van der Waals surface area contributed by atoms with E-state index in [1.807, 2.05) is 25.1 Å². The molecule has 0 radical (unpaired) electrons. The summed E-state index contributed by atoms with van der Waals surface area (Å²) in [5.41, 5.74) is 4.33. The van der Waals surface area contributed by atoms with E-state index in [1.165, 1.54) is 5.56 Å². The van der Waals surface area contributed by atoms with Gasteiger partial charge in [-0.15, -0.1) is 0 Å². The smallest absolute Gasteiger partial charge is 0.230 e. The van der Waals surface area contributed by atoms with Gasteiger partial charge in [0.1, 0.15) is 5.75 Å². The lowest BCUT2D eigenvalue weighted by molar-refractivity contribution is 0.252. The summed E-state index contributed by atoms with van der Waals surface area (Å²) in [6, 6.07) is 14.4. The Morgan fingerprint density at radius 3 is 2.79 bits per heavy atom. The van der Waals surface area contributed by atoms with Gasteiger partial charge in [-0.05, 0) is 37.1 Å². The number of aromatic nitrogens is 2. The lowest BCUT2D eigenvalue weighted by Crippen LogP contribution is -2.45. The first-order valence-corrected chi connectivity index (χ1v) is 9.83. The van der Waals surface area contributed by atoms with Crippen molar-refractivity contribution in [2.75, 3.05) is 25.8 Å². The van der Waals surface area contributed by atoms with E-state index in [9.17, 15) is 0 Å². The summed E-state index contributed by atoms with van der Waals surface area (Å²) >= 11 is 0. The number of anilines is 1. The third kappa shape index (κ3) is 4.30. The highest BCUT2D eigenvalue weighted by Crippen LogP contribution is 2.21. The molecule has 150 valence electrons. The molecule has 0 unspecified atom stereocenters. The minimum atomic E-state index is 0.559. The molecule has 0 bridgehead atoms. The first-order valence-electron chi connectivity index (χ1n) is 9.83. The third-order valence-electron chi connectivity index (χ3n) is 5.07. The van der Waals surface area contributed by atoms with Crippen molar-refractivity contribution in [1.82, 2.24) is 20.2 Å². The summed E-state index contributed by atoms with van der Waals surface area (Å²) in [6.07, 6.45) is 1.00. The maximum absolute atomic E-state index is 5.44. The van der Waals surface area contributed by atoms with Crippen LogP contribution < -0.4 is 15.4 Å². The molecule has 0 aliphatic carbocycles. The fourth-order valence-corrected chi connectivity index (χ4v) is 3.44. The van der Waals surface area contributed by atoms with Gasteiger partial charge in [-0.2, -0.15) is 0 Å². The molecule has 0 fully saturated rings. The molecule has 1 aliphatic heterocycles. The van der Waals surface area contributed by atoms with Crippen LogP contribution in [0.5, 0.6) is 5.75 Å². The number of nitrogens with one attached hydrogen (secondary N) is 2. The van der Waals surface area contributed by atoms with Gasteiger partial charge in [0.2, 0.25) is 11.9 Å². The molecule has 0 atom stereocenters. The summed E-state index contributed by atoms with van der Waals surface area (Å²) < 4.78 is 5.44. The van der Waals surface area contributed by atoms with Gasteiger partial charge in [0.05, 0.1) is 31.7 Å². The van der Waals surface area contributed by atoms with Crippen molar-refractivity contribution < 1.29 is 4.74 Å². The summed E-state index contributed by atoms with van der Waals surface area (Å²) in [7, 11) is 1.70. The van der Waals surface area contributed by atoms with Gasteiger partial charge >= 0.3 is 0 Å². The molecule has 29 heavy (non-hydrogen) atoms. The molecule has 1 aromatic heterocycles. The van der Waals surface area contributed by atoms with E-state index in [0.717, 1.165) is 40.9 Å². The number of fused-ring (bicyclic) bond motifs is 1. The van der Waals surface area contributed by atoms with Crippen molar-refractivity contribution in [3.05, 3.63) is 59.3 Å². The van der Waals surface area contributed by atoms with Crippen LogP contribution in [0.15, 0.2) is 47.5 Å². The predicted molar refractivity (Wildman–Crippen MR) is 116 cm³/mol. The Morgan fingerprint density at radius 1 is 1.17 bits per heavy atom. The van der Waals surface area contributed by atoms with E-state index in [-0.39, 0.29) is 0 Å². The maximum Gasteiger partial charge on any atom is 0.230 e. The van der Waals surface area contributed by atoms with Crippen LogP contribution in [0.25, 0.3) is 10.9 Å². The molecule has 0 spiro atoms. The number of methoxy groups -OCH3 is 1. The summed E-state index contributed by atoms with van der Waals surface area (Å²) in [6.45, 7) is 6.19. The molecule has 7 heteroatoms. The Bertz CT molecular complexity index is 1050. The number of nitrogens with zero attached hydrogens (tertiary/aromatic N) is 4. The van der Waals surface area contributed by atoms with Crippen molar-refractivity contribution in [1.29, 1.82) is 0 Å². The Kier molecular flexibility index (Phi) is 5.57. The molecule has 3 aromatic rings. The van der Waals surface area contributed by atoms with Crippen molar-refractivity contribution in [2.45, 2.75) is 26.8 Å². The summed E-state index contributed by atoms with van der Waals surface area (Å²) in [5, 5.41) is 7.61. The number of guanidine groups is 1. The molecule has 2 aromatic carbocycles. The third-order valence-corrected chi connectivity index (χ3v) is 5.07. The van der Waals surface area contributed by atoms with E-state index < -0.39 is 0 Å². The summed E-state index contributed by atoms with van der Waals surface area (Å²) in [4.78, 5) is 16.0. The molecule has 0 amide bonds. The second-order valence-corrected chi connectivity index (χ2v) is 7.09. The Balaban J connectivity index is 1.44. The van der Waals surface area contributed by atoms with Gasteiger partial charge in [-0.3, -0.25) is 10.2 Å². The van der Waals surface area contributed by atoms with Crippen LogP contribution in [0.1, 0.15) is 23.7 Å². The Morgan fingerprint density at radius 2 is 2.03 bits per heavy atom. The second kappa shape index (κ2) is 8.45. The van der Waals surface area contributed by atoms with Crippen molar-refractivity contribution >= 4 is 22.8 Å². The number of hydrogen-bond donors (Lipinski definition) is 2. The molecule has 4 rings (SSSR count). The number of rotatable bonds is 5. The molecule has 0 saturated carbocycles. The zero-order valence-corrected chi connectivity index (χ0v) is 17.1. The van der Waals surface area contributed by atoms with Crippen LogP contribution in [0.3, 0.4) is 0 Å². The van der Waals surface area contributed by atoms with Crippen LogP contribution in [-0.4, -0.2) is 41.3 Å². The average molecular weight is 390 g/mol. The van der Waals surface area contributed by atoms with E-state index in [1.54, 1.807) is 7.11 Å². The Hall–Kier alpha value is -3.19. The van der Waals surface area contributed by atoms with E-state index in [4.69, 9.17) is 4.74 Å². The molecule has 7 nitrogen and oxygen atoms in total. The molecule has 0 saturated heterocycles. The first kappa shape index (κ1) is 19.1. The topological polar surface area (TPSA) is 74.7 Å². The molecular formula is C22H26N6O. The van der Waals surface area contributed by atoms with Crippen LogP contribution >= 0.6 is 0 Å². The number of para-hydroxylation sites is 1. The standard InChI is InChI=1S/C22H26N6O/c1-4-16-9-10-19-18(11-16)15(2)25-22(26-19)27-21-23-13-28(14-24-21)12-17-7-5-6-8-20(17)29-3/h5-11H,4,12-14H2,1-3H3,(H2,23,24,25,26,27). The first-order chi connectivity index (χ1) is 14.2. The zero-order chi connectivity index (χ0) is 20.2. The largest absolute Gasteiger partial charge is 0.496 e. The molecule has 1 aliphatic rings. The second-order valence-electron chi connectivity index (χ2n) is 7.09. The highest BCUT2D eigenvalue weighted by molar-refractivity contribution is 5.93. The minimum absolute atomic E-state index is 0.559. The van der Waals surface area contributed by atoms with Crippen LogP contribution in [0.2, 0.25) is 0 Å². The van der Waals surface area contributed by atoms with Gasteiger partial charge in [0, 0.05) is 17.5 Å². The van der Waals surface area contributed by atoms with Crippen LogP contribution in [-0.2, 0) is 13.0 Å². The lowest BCUT2D eigenvalue weighted by Gasteiger charge is -2.27. The normalized spacial score (nSPS) is 14.4. The fraction of sp³-hybridized carbons (Fsp3) is 0.318. The SMILES string of the molecule is CCc1ccc2nc(NC3=NCN(Cc4ccccc4OC)CN3)nc(C)c2c1. The molecular weight excluding hydrogens is 364 g/mol. The monoisotopic (exact) mass is 390 g/mol. The molecule has 2 N–H and O–H groups in total. The predicted octanol–water partition coefficient (Wildman–Crippen LogP) is 3.30. The van der Waals surface area contributed by atoms with Gasteiger partial charge in [0.15, 0.2) is 0 Å².